The first-order valence-electron chi connectivity index (χ1n) is 17.2. The lowest BCUT2D eigenvalue weighted by Crippen LogP contribution is -2.45. The Kier molecular flexibility index (Phi) is 9.63. The molecule has 0 radical (unpaired) electrons. The molecule has 2 N–H and O–H groups in total. The highest BCUT2D eigenvalue weighted by molar-refractivity contribution is 5.82. The zero-order valence-corrected chi connectivity index (χ0v) is 30.1. The first-order chi connectivity index (χ1) is 23.2. The van der Waals surface area contributed by atoms with E-state index in [1.807, 2.05) is 45.9 Å². The number of nitrogens with zero attached hydrogens (tertiary/aromatic N) is 3. The van der Waals surface area contributed by atoms with Crippen molar-refractivity contribution in [2.45, 2.75) is 91.3 Å². The first-order valence-corrected chi connectivity index (χ1v) is 17.2. The largest absolute Gasteiger partial charge is 0.475 e. The van der Waals surface area contributed by atoms with Gasteiger partial charge in [-0.15, -0.1) is 0 Å². The Morgan fingerprint density at radius 3 is 2.45 bits per heavy atom. The van der Waals surface area contributed by atoms with Gasteiger partial charge >= 0.3 is 5.97 Å². The van der Waals surface area contributed by atoms with Gasteiger partial charge in [-0.05, 0) is 108 Å². The van der Waals surface area contributed by atoms with Crippen LogP contribution in [0.3, 0.4) is 0 Å². The molecule has 2 atom stereocenters. The Morgan fingerprint density at radius 2 is 1.73 bits per heavy atom. The van der Waals surface area contributed by atoms with Crippen molar-refractivity contribution in [1.29, 1.82) is 0 Å². The fraction of sp³-hybridized carbons (Fsp3) is 0.450. The van der Waals surface area contributed by atoms with E-state index in [1.54, 1.807) is 0 Å². The van der Waals surface area contributed by atoms with E-state index in [2.05, 4.69) is 72.7 Å². The van der Waals surface area contributed by atoms with Crippen LogP contribution >= 0.6 is 0 Å². The quantitative estimate of drug-likeness (QED) is 0.176. The van der Waals surface area contributed by atoms with Gasteiger partial charge in [0.15, 0.2) is 12.3 Å². The predicted octanol–water partition coefficient (Wildman–Crippen LogP) is 7.62. The molecule has 260 valence electrons. The maximum atomic E-state index is 13.4. The molecule has 7 rings (SSSR count). The molecule has 3 aliphatic heterocycles. The number of methoxy groups -OCH3 is 1. The fourth-order valence-corrected chi connectivity index (χ4v) is 6.77. The molecule has 1 fully saturated rings. The molecule has 2 aromatic heterocycles. The number of carbonyl (C=O) groups is 1. The third-order valence-corrected chi connectivity index (χ3v) is 9.65. The molecule has 5 heterocycles. The predicted molar refractivity (Wildman–Crippen MR) is 194 cm³/mol. The average molecular weight is 667 g/mol. The van der Waals surface area contributed by atoms with Crippen molar-refractivity contribution >= 4 is 17.4 Å². The number of aromatic nitrogens is 2. The third-order valence-electron chi connectivity index (χ3n) is 9.65. The van der Waals surface area contributed by atoms with E-state index >= 15 is 0 Å². The van der Waals surface area contributed by atoms with E-state index in [-0.39, 0.29) is 5.60 Å². The highest BCUT2D eigenvalue weighted by atomic mass is 16.6. The molecule has 9 nitrogen and oxygen atoms in total. The summed E-state index contributed by atoms with van der Waals surface area (Å²) < 4.78 is 26.7. The number of carbonyl (C=O) groups excluding carboxylic acids is 1. The Balaban J connectivity index is 1.56. The monoisotopic (exact) mass is 666 g/mol. The summed E-state index contributed by atoms with van der Waals surface area (Å²) in [5.41, 5.74) is 14.2. The zero-order chi connectivity index (χ0) is 35.1. The minimum Gasteiger partial charge on any atom is -0.475 e. The van der Waals surface area contributed by atoms with E-state index in [0.29, 0.717) is 13.0 Å². The van der Waals surface area contributed by atoms with E-state index in [4.69, 9.17) is 29.7 Å². The molecule has 3 aliphatic rings. The second-order valence-corrected chi connectivity index (χ2v) is 14.7. The van der Waals surface area contributed by atoms with E-state index in [0.717, 1.165) is 82.2 Å². The minimum atomic E-state index is -0.923. The molecule has 9 heteroatoms. The van der Waals surface area contributed by atoms with Crippen LogP contribution in [0.2, 0.25) is 0 Å². The summed E-state index contributed by atoms with van der Waals surface area (Å²) >= 11 is 0. The van der Waals surface area contributed by atoms with Crippen LogP contribution in [0, 0.1) is 20.8 Å². The molecule has 1 saturated heterocycles. The number of rotatable bonds is 3. The van der Waals surface area contributed by atoms with Crippen LogP contribution in [-0.4, -0.2) is 59.6 Å². The van der Waals surface area contributed by atoms with Crippen LogP contribution in [-0.2, 0) is 19.0 Å². The molecule has 6 bridgehead atoms. The summed E-state index contributed by atoms with van der Waals surface area (Å²) in [6.07, 6.45) is 6.88. The summed E-state index contributed by atoms with van der Waals surface area (Å²) in [5, 5.41) is 0. The summed E-state index contributed by atoms with van der Waals surface area (Å²) in [6.45, 7) is 16.2. The first kappa shape index (κ1) is 34.7. The van der Waals surface area contributed by atoms with Crippen molar-refractivity contribution in [3.05, 3.63) is 83.1 Å². The molecular weight excluding hydrogens is 616 g/mol. The summed E-state index contributed by atoms with van der Waals surface area (Å²) in [4.78, 5) is 20.9. The van der Waals surface area contributed by atoms with Crippen LogP contribution in [0.1, 0.15) is 75.3 Å². The third kappa shape index (κ3) is 7.39. The molecular formula is C40H50N4O5. The van der Waals surface area contributed by atoms with Crippen LogP contribution in [0.15, 0.2) is 60.8 Å². The molecule has 0 unspecified atom stereocenters. The lowest BCUT2D eigenvalue weighted by atomic mass is 9.92. The van der Waals surface area contributed by atoms with E-state index in [1.165, 1.54) is 12.7 Å². The zero-order valence-electron chi connectivity index (χ0n) is 30.1. The van der Waals surface area contributed by atoms with Gasteiger partial charge in [-0.25, -0.2) is 9.78 Å². The number of hydrogen-bond donors (Lipinski definition) is 1. The van der Waals surface area contributed by atoms with Gasteiger partial charge in [-0.2, -0.15) is 0 Å². The van der Waals surface area contributed by atoms with Gasteiger partial charge in [-0.1, -0.05) is 30.4 Å². The topological polar surface area (TPSA) is 101 Å². The molecule has 0 amide bonds. The standard InChI is InChI=1S/C40H50N4O5/c1-25-20-30-28-12-11-13-29(23-28)31-24-44-34(42-31)22-27(3)35(36(38(45)46-8)49-39(4,5)6)37(44)43-17-15-40(7,16-18-43)47-19-10-9-14-33(41)48-32(30)21-26(25)2/h9-13,20-24,33,36H,14-19,41H2,1-8H3/b10-9+/t33-,36+/m1/s1. The van der Waals surface area contributed by atoms with Gasteiger partial charge in [0.25, 0.3) is 0 Å². The second kappa shape index (κ2) is 13.6. The van der Waals surface area contributed by atoms with Crippen molar-refractivity contribution < 1.29 is 23.7 Å². The minimum absolute atomic E-state index is 0.304. The lowest BCUT2D eigenvalue weighted by Gasteiger charge is -2.41. The highest BCUT2D eigenvalue weighted by Gasteiger charge is 2.37. The fourth-order valence-electron chi connectivity index (χ4n) is 6.77. The van der Waals surface area contributed by atoms with Crippen molar-refractivity contribution in [3.63, 3.8) is 0 Å². The molecule has 2 aromatic carbocycles. The van der Waals surface area contributed by atoms with E-state index < -0.39 is 23.9 Å². The molecule has 0 aliphatic carbocycles. The van der Waals surface area contributed by atoms with Gasteiger partial charge in [0.05, 0.1) is 30.6 Å². The summed E-state index contributed by atoms with van der Waals surface area (Å²) in [7, 11) is 1.41. The Morgan fingerprint density at radius 1 is 1.02 bits per heavy atom. The van der Waals surface area contributed by atoms with E-state index in [9.17, 15) is 4.79 Å². The Bertz CT molecular complexity index is 1880. The SMILES string of the molecule is COC(=O)[C@@H](OC(C)(C)C)c1c(C)cc2nc3cn2c1N1CCC(C)(CC1)OC/C=C/C[C@H](N)Oc1cc(C)c(C)cc1-c1cccc-3c1. The smallest absolute Gasteiger partial charge is 0.339 e. The second-order valence-electron chi connectivity index (χ2n) is 14.7. The number of nitrogens with two attached hydrogens (primary N) is 1. The average Bonchev–Trinajstić information content (AvgIpc) is 3.47. The number of aryl methyl sites for hydroxylation is 3. The maximum absolute atomic E-state index is 13.4. The number of hydrogen-bond acceptors (Lipinski definition) is 8. The van der Waals surface area contributed by atoms with Gasteiger partial charge in [0.2, 0.25) is 0 Å². The van der Waals surface area contributed by atoms with Crippen LogP contribution in [0.4, 0.5) is 5.82 Å². The van der Waals surface area contributed by atoms with Crippen LogP contribution in [0.5, 0.6) is 5.75 Å². The molecule has 4 aromatic rings. The van der Waals surface area contributed by atoms with Gasteiger partial charge in [0.1, 0.15) is 17.2 Å². The number of anilines is 1. The number of benzene rings is 2. The van der Waals surface area contributed by atoms with Crippen molar-refractivity contribution in [1.82, 2.24) is 9.38 Å². The number of imidazole rings is 1. The highest BCUT2D eigenvalue weighted by Crippen LogP contribution is 2.41. The number of esters is 1. The number of ether oxygens (including phenoxy) is 4. The number of fused-ring (bicyclic) bond motifs is 7. The van der Waals surface area contributed by atoms with Gasteiger partial charge in [-0.3, -0.25) is 10.1 Å². The number of piperidine rings is 1. The lowest BCUT2D eigenvalue weighted by molar-refractivity contribution is -0.164. The Labute approximate surface area is 290 Å². The summed E-state index contributed by atoms with van der Waals surface area (Å²) in [6, 6.07) is 14.6. The van der Waals surface area contributed by atoms with Gasteiger partial charge in [0, 0.05) is 42.4 Å². The van der Waals surface area contributed by atoms with Crippen molar-refractivity contribution in [2.24, 2.45) is 5.73 Å². The Hall–Kier alpha value is -4.18. The summed E-state index contributed by atoms with van der Waals surface area (Å²) in [5.74, 6) is 1.20. The molecule has 0 saturated carbocycles. The molecule has 0 spiro atoms. The van der Waals surface area contributed by atoms with Crippen molar-refractivity contribution in [2.75, 3.05) is 31.7 Å². The van der Waals surface area contributed by atoms with Crippen molar-refractivity contribution in [3.8, 4) is 28.1 Å². The number of pyridine rings is 1. The molecule has 49 heavy (non-hydrogen) atoms. The normalized spacial score (nSPS) is 21.2. The van der Waals surface area contributed by atoms with Crippen LogP contribution in [0.25, 0.3) is 28.0 Å². The van der Waals surface area contributed by atoms with Gasteiger partial charge < -0.3 is 23.8 Å². The maximum Gasteiger partial charge on any atom is 0.339 e. The van der Waals surface area contributed by atoms with Crippen LogP contribution < -0.4 is 15.4 Å².